The number of aliphatic carboxylic acids is 4. The second-order valence-corrected chi connectivity index (χ2v) is 24.1. The molecule has 2 heterocycles. The van der Waals surface area contributed by atoms with Crippen LogP contribution in [0.15, 0.2) is 54.6 Å². The summed E-state index contributed by atoms with van der Waals surface area (Å²) >= 11 is 0. The van der Waals surface area contributed by atoms with Gasteiger partial charge in [0.25, 0.3) is 11.8 Å². The first kappa shape index (κ1) is 72.3. The highest BCUT2D eigenvalue weighted by Crippen LogP contribution is 2.43. The zero-order valence-corrected chi connectivity index (χ0v) is 53.8. The Kier molecular flexibility index (Phi) is 28.5. The van der Waals surface area contributed by atoms with Crippen LogP contribution in [0.4, 0.5) is 0 Å². The van der Waals surface area contributed by atoms with Gasteiger partial charge in [-0.3, -0.25) is 53.2 Å². The summed E-state index contributed by atoms with van der Waals surface area (Å²) in [5.41, 5.74) is 1.53. The summed E-state index contributed by atoms with van der Waals surface area (Å²) in [5.74, 6) is -4.66. The highest BCUT2D eigenvalue weighted by atomic mass is 16.5. The third-order valence-electron chi connectivity index (χ3n) is 17.1. The molecule has 25 heteroatoms. The van der Waals surface area contributed by atoms with Crippen molar-refractivity contribution >= 4 is 47.5 Å². The molecule has 89 heavy (non-hydrogen) atoms. The minimum Gasteiger partial charge on any atom is -0.496 e. The van der Waals surface area contributed by atoms with Crippen LogP contribution in [0.5, 0.6) is 11.5 Å². The molecule has 6 N–H and O–H groups in total. The van der Waals surface area contributed by atoms with Crippen molar-refractivity contribution in [2.75, 3.05) is 147 Å². The molecule has 1 aliphatic carbocycles. The van der Waals surface area contributed by atoms with Crippen molar-refractivity contribution in [1.29, 1.82) is 0 Å². The molecular formula is C64H97N11O14. The molecule has 3 unspecified atom stereocenters. The van der Waals surface area contributed by atoms with Crippen LogP contribution in [0.1, 0.15) is 118 Å². The summed E-state index contributed by atoms with van der Waals surface area (Å²) in [4.78, 5) is 115. The van der Waals surface area contributed by atoms with Gasteiger partial charge in [0.15, 0.2) is 11.2 Å². The second kappa shape index (κ2) is 35.1. The summed E-state index contributed by atoms with van der Waals surface area (Å²) in [7, 11) is 8.65. The van der Waals surface area contributed by atoms with Crippen molar-refractivity contribution in [2.24, 2.45) is 11.8 Å². The predicted octanol–water partition coefficient (Wildman–Crippen LogP) is 4.64. The van der Waals surface area contributed by atoms with Crippen molar-refractivity contribution < 1.29 is 68.3 Å². The lowest BCUT2D eigenvalue weighted by atomic mass is 9.66. The Morgan fingerprint density at radius 1 is 0.708 bits per heavy atom. The van der Waals surface area contributed by atoms with Crippen LogP contribution >= 0.6 is 0 Å². The van der Waals surface area contributed by atoms with Crippen LogP contribution in [0, 0.1) is 11.8 Å². The van der Waals surface area contributed by atoms with E-state index in [4.69, 9.17) is 14.6 Å². The van der Waals surface area contributed by atoms with Crippen LogP contribution < -0.4 is 20.1 Å². The Labute approximate surface area is 523 Å². The molecule has 3 aromatic rings. The molecule has 0 radical (unpaired) electrons. The molecule has 0 spiro atoms. The predicted molar refractivity (Wildman–Crippen MR) is 337 cm³/mol. The van der Waals surface area contributed by atoms with Gasteiger partial charge in [-0.1, -0.05) is 53.2 Å². The second-order valence-electron chi connectivity index (χ2n) is 24.1. The van der Waals surface area contributed by atoms with Crippen LogP contribution in [0.2, 0.25) is 0 Å². The average Bonchev–Trinajstić information content (AvgIpc) is 2.33. The van der Waals surface area contributed by atoms with E-state index in [0.717, 1.165) is 37.9 Å². The topological polar surface area (TPSA) is 300 Å². The number of aromatic nitrogens is 2. The monoisotopic (exact) mass is 1240 g/mol. The number of nitrogens with one attached hydrogen (secondary N) is 2. The van der Waals surface area contributed by atoms with Gasteiger partial charge in [-0.05, 0) is 124 Å². The third kappa shape index (κ3) is 21.1. The molecule has 3 atom stereocenters. The van der Waals surface area contributed by atoms with E-state index in [1.165, 1.54) is 14.2 Å². The van der Waals surface area contributed by atoms with Gasteiger partial charge in [0, 0.05) is 98.1 Å². The number of rotatable bonds is 32. The highest BCUT2D eigenvalue weighted by Gasteiger charge is 2.51. The summed E-state index contributed by atoms with van der Waals surface area (Å²) < 4.78 is 13.3. The Morgan fingerprint density at radius 3 is 1.72 bits per heavy atom. The lowest BCUT2D eigenvalue weighted by molar-refractivity contribution is -0.146. The van der Waals surface area contributed by atoms with Gasteiger partial charge in [0.2, 0.25) is 11.8 Å². The van der Waals surface area contributed by atoms with Gasteiger partial charge in [0.1, 0.15) is 11.5 Å². The summed E-state index contributed by atoms with van der Waals surface area (Å²) in [5, 5.41) is 49.8. The number of hydrogen-bond acceptors (Lipinski definition) is 16. The Bertz CT molecular complexity index is 2860. The van der Waals surface area contributed by atoms with E-state index in [1.54, 1.807) is 73.6 Å². The quantitative estimate of drug-likeness (QED) is 0.0366. The zero-order valence-electron chi connectivity index (χ0n) is 53.8. The summed E-state index contributed by atoms with van der Waals surface area (Å²) in [6.45, 7) is 16.8. The van der Waals surface area contributed by atoms with Crippen LogP contribution in [0.3, 0.4) is 0 Å². The third-order valence-corrected chi connectivity index (χ3v) is 17.1. The molecule has 1 aliphatic heterocycles. The fraction of sp³-hybridized carbons (Fsp3) is 0.609. The van der Waals surface area contributed by atoms with Crippen molar-refractivity contribution in [1.82, 2.24) is 54.7 Å². The van der Waals surface area contributed by atoms with Crippen molar-refractivity contribution in [2.45, 2.75) is 96.9 Å². The standard InChI is InChI=1S/C64H97N11O14/c1-11-47-36-45(4)64(63(86)87,46(5)37-47)66-61(84)50-39-52(60-53(88-9)18-15-19-54(60)89-10)75(67-50)51-22-21-48(38-49(51)44(2)3)62(85)70(8)27-17-25-68(6)24-16-26-69(7)56(77)20-13-12-14-23-65-55(76)40-71-28-30-72(41-57(78)79)32-34-74(43-59(82)83)35-33-73(31-29-71)42-58(80)81/h15,18-19,21-22,38-39,44,46-47H,4,11-14,16-17,20,23-37,40-43H2,1-3,5-10H3,(H,65,76)(H,66,84)(H,78,79)(H,80,81)(H,82,83)(H,86,87). The molecule has 1 saturated heterocycles. The van der Waals surface area contributed by atoms with Gasteiger partial charge < -0.3 is 55.2 Å². The van der Waals surface area contributed by atoms with Crippen molar-refractivity contribution in [3.8, 4) is 28.4 Å². The normalized spacial score (nSPS) is 18.4. The van der Waals surface area contributed by atoms with Gasteiger partial charge in [-0.15, -0.1) is 0 Å². The van der Waals surface area contributed by atoms with Gasteiger partial charge in [-0.25, -0.2) is 9.48 Å². The maximum Gasteiger partial charge on any atom is 0.334 e. The Balaban J connectivity index is 1.09. The first-order valence-electron chi connectivity index (χ1n) is 31.0. The number of hydrogen-bond donors (Lipinski definition) is 6. The molecule has 0 bridgehead atoms. The number of nitrogens with zero attached hydrogens (tertiary/aromatic N) is 9. The number of carboxylic acids is 4. The molecule has 492 valence electrons. The number of carbonyl (C=O) groups excluding carboxylic acids is 4. The number of carboxylic acid groups (broad SMARTS) is 4. The number of methoxy groups -OCH3 is 2. The first-order chi connectivity index (χ1) is 42.3. The molecular weight excluding hydrogens is 1150 g/mol. The van der Waals surface area contributed by atoms with Crippen molar-refractivity contribution in [3.05, 3.63) is 71.4 Å². The molecule has 1 aromatic heterocycles. The Hall–Kier alpha value is -7.45. The van der Waals surface area contributed by atoms with E-state index in [1.807, 2.05) is 44.9 Å². The molecule has 25 nitrogen and oxygen atoms in total. The minimum atomic E-state index is -1.70. The molecule has 2 aromatic carbocycles. The summed E-state index contributed by atoms with van der Waals surface area (Å²) in [6, 6.07) is 12.3. The minimum absolute atomic E-state index is 0.0295. The van der Waals surface area contributed by atoms with E-state index in [0.29, 0.717) is 124 Å². The fourth-order valence-corrected chi connectivity index (χ4v) is 11.9. The highest BCUT2D eigenvalue weighted by molar-refractivity contribution is 5.99. The molecule has 5 rings (SSSR count). The largest absolute Gasteiger partial charge is 0.496 e. The maximum absolute atomic E-state index is 14.4. The van der Waals surface area contributed by atoms with Gasteiger partial charge in [-0.2, -0.15) is 5.10 Å². The van der Waals surface area contributed by atoms with E-state index in [-0.39, 0.29) is 87.6 Å². The van der Waals surface area contributed by atoms with Crippen molar-refractivity contribution in [3.63, 3.8) is 0 Å². The fourth-order valence-electron chi connectivity index (χ4n) is 11.9. The molecule has 2 aliphatic rings. The number of benzene rings is 2. The molecule has 4 amide bonds. The lowest BCUT2D eigenvalue weighted by Crippen LogP contribution is -2.62. The van der Waals surface area contributed by atoms with E-state index in [9.17, 15) is 58.8 Å². The number of ether oxygens (including phenoxy) is 2. The van der Waals surface area contributed by atoms with Crippen LogP contribution in [0.25, 0.3) is 16.9 Å². The first-order valence-corrected chi connectivity index (χ1v) is 31.0. The SMILES string of the molecule is C=C1CC(CC)CC(C)C1(NC(=O)c1cc(-c2c(OC)cccc2OC)n(-c2ccc(C(=O)N(C)CCCN(C)CCCN(C)C(=O)CCCCCNC(=O)CN3CCN(CC(=O)O)CCN(CC(=O)O)CCN(CC(=O)O)CC3)cc2C(C)C)n1)C(=O)O. The lowest BCUT2D eigenvalue weighted by Gasteiger charge is -2.44. The maximum atomic E-state index is 14.4. The molecule has 2 fully saturated rings. The molecule has 1 saturated carbocycles. The average molecular weight is 1240 g/mol. The zero-order chi connectivity index (χ0) is 65.5. The number of amides is 4. The van der Waals surface area contributed by atoms with E-state index < -0.39 is 41.2 Å². The number of unbranched alkanes of at least 4 members (excludes halogenated alkanes) is 2. The van der Waals surface area contributed by atoms with Gasteiger partial charge >= 0.3 is 23.9 Å². The number of carbonyl (C=O) groups is 8. The Morgan fingerprint density at radius 2 is 1.24 bits per heavy atom. The van der Waals surface area contributed by atoms with Gasteiger partial charge in [0.05, 0.1) is 57.3 Å². The summed E-state index contributed by atoms with van der Waals surface area (Å²) in [6.07, 6.45) is 5.83. The smallest absolute Gasteiger partial charge is 0.334 e. The van der Waals surface area contributed by atoms with E-state index in [2.05, 4.69) is 29.0 Å². The van der Waals surface area contributed by atoms with Crippen LogP contribution in [-0.4, -0.2) is 264 Å². The van der Waals surface area contributed by atoms with Crippen LogP contribution in [-0.2, 0) is 28.8 Å². The van der Waals surface area contributed by atoms with E-state index >= 15 is 0 Å².